The van der Waals surface area contributed by atoms with Crippen LogP contribution in [0.25, 0.3) is 0 Å². The number of likely N-dealkylation sites (N-methyl/N-ethyl adjacent to an activating group) is 1. The van der Waals surface area contributed by atoms with Crippen LogP contribution in [0.5, 0.6) is 0 Å². The van der Waals surface area contributed by atoms with Gasteiger partial charge in [-0.25, -0.2) is 0 Å². The van der Waals surface area contributed by atoms with Gasteiger partial charge in [-0.1, -0.05) is 11.6 Å². The highest BCUT2D eigenvalue weighted by Gasteiger charge is 2.17. The average molecular weight is 259 g/mol. The van der Waals surface area contributed by atoms with Crippen LogP contribution in [0.15, 0.2) is 12.1 Å². The number of carbonyl (C=O) groups is 1. The molecule has 0 amide bonds. The monoisotopic (exact) mass is 258 g/mol. The van der Waals surface area contributed by atoms with E-state index < -0.39 is 10.9 Å². The molecule has 1 aromatic carbocycles. The summed E-state index contributed by atoms with van der Waals surface area (Å²) in [5.74, 6) is -0.985. The first-order valence-electron chi connectivity index (χ1n) is 4.70. The van der Waals surface area contributed by atoms with Crippen LogP contribution in [0.1, 0.15) is 5.56 Å². The van der Waals surface area contributed by atoms with Gasteiger partial charge in [0.25, 0.3) is 5.69 Å². The lowest BCUT2D eigenvalue weighted by molar-refractivity contribution is -0.384. The number of hydrogen-bond acceptors (Lipinski definition) is 4. The van der Waals surface area contributed by atoms with Crippen molar-refractivity contribution in [2.24, 2.45) is 0 Å². The highest BCUT2D eigenvalue weighted by Crippen LogP contribution is 2.31. The zero-order chi connectivity index (χ0) is 13.2. The van der Waals surface area contributed by atoms with Crippen molar-refractivity contribution < 1.29 is 14.8 Å². The molecule has 0 unspecified atom stereocenters. The summed E-state index contributed by atoms with van der Waals surface area (Å²) in [5.41, 5.74) is 0.976. The number of anilines is 1. The van der Waals surface area contributed by atoms with Gasteiger partial charge in [-0.3, -0.25) is 14.9 Å². The Morgan fingerprint density at radius 3 is 2.65 bits per heavy atom. The number of nitrogens with zero attached hydrogens (tertiary/aromatic N) is 2. The second kappa shape index (κ2) is 5.01. The van der Waals surface area contributed by atoms with Crippen molar-refractivity contribution in [3.63, 3.8) is 0 Å². The van der Waals surface area contributed by atoms with Gasteiger partial charge in [-0.15, -0.1) is 0 Å². The lowest BCUT2D eigenvalue weighted by Gasteiger charge is -2.19. The lowest BCUT2D eigenvalue weighted by Crippen LogP contribution is -2.25. The molecule has 0 spiro atoms. The van der Waals surface area contributed by atoms with Crippen molar-refractivity contribution in [2.75, 3.05) is 18.5 Å². The fraction of sp³-hybridized carbons (Fsp3) is 0.300. The van der Waals surface area contributed by atoms with Crippen LogP contribution in [0.4, 0.5) is 11.4 Å². The summed E-state index contributed by atoms with van der Waals surface area (Å²) >= 11 is 5.76. The minimum Gasteiger partial charge on any atom is -0.480 e. The molecule has 0 fully saturated rings. The lowest BCUT2D eigenvalue weighted by atomic mass is 10.1. The number of nitro groups is 1. The van der Waals surface area contributed by atoms with E-state index in [2.05, 4.69) is 0 Å². The van der Waals surface area contributed by atoms with Crippen molar-refractivity contribution in [3.05, 3.63) is 32.8 Å². The number of carboxylic acids is 1. The molecule has 0 aromatic heterocycles. The number of rotatable bonds is 4. The number of nitro benzene ring substituents is 1. The summed E-state index contributed by atoms with van der Waals surface area (Å²) in [6.45, 7) is 1.46. The molecular weight excluding hydrogens is 248 g/mol. The molecule has 1 aromatic rings. The molecule has 0 bridgehead atoms. The van der Waals surface area contributed by atoms with E-state index in [4.69, 9.17) is 16.7 Å². The SMILES string of the molecule is Cc1cc([N+](=O)[O-])c(Cl)cc1N(C)CC(=O)O. The van der Waals surface area contributed by atoms with Crippen molar-refractivity contribution in [3.8, 4) is 0 Å². The average Bonchev–Trinajstić information content (AvgIpc) is 2.19. The summed E-state index contributed by atoms with van der Waals surface area (Å²) in [5, 5.41) is 19.3. The molecule has 1 N–H and O–H groups in total. The number of carboxylic acid groups (broad SMARTS) is 1. The molecule has 0 aliphatic rings. The van der Waals surface area contributed by atoms with Gasteiger partial charge in [0.2, 0.25) is 0 Å². The van der Waals surface area contributed by atoms with E-state index in [1.807, 2.05) is 0 Å². The first-order valence-corrected chi connectivity index (χ1v) is 5.08. The van der Waals surface area contributed by atoms with Crippen molar-refractivity contribution in [1.82, 2.24) is 0 Å². The molecule has 0 radical (unpaired) electrons. The molecule has 0 aliphatic heterocycles. The van der Waals surface area contributed by atoms with E-state index in [9.17, 15) is 14.9 Å². The predicted octanol–water partition coefficient (Wildman–Crippen LogP) is 2.08. The minimum atomic E-state index is -0.985. The molecule has 6 nitrogen and oxygen atoms in total. The molecule has 0 heterocycles. The van der Waals surface area contributed by atoms with E-state index in [0.717, 1.165) is 0 Å². The van der Waals surface area contributed by atoms with Crippen LogP contribution in [0, 0.1) is 17.0 Å². The number of benzene rings is 1. The molecule has 0 aliphatic carbocycles. The topological polar surface area (TPSA) is 83.7 Å². The van der Waals surface area contributed by atoms with E-state index in [0.29, 0.717) is 11.3 Å². The third kappa shape index (κ3) is 3.07. The number of aryl methyl sites for hydroxylation is 1. The smallest absolute Gasteiger partial charge is 0.323 e. The Kier molecular flexibility index (Phi) is 3.90. The molecule has 17 heavy (non-hydrogen) atoms. The van der Waals surface area contributed by atoms with Crippen LogP contribution in [0.2, 0.25) is 5.02 Å². The van der Waals surface area contributed by atoms with Gasteiger partial charge >= 0.3 is 5.97 Å². The van der Waals surface area contributed by atoms with Crippen LogP contribution in [-0.2, 0) is 4.79 Å². The van der Waals surface area contributed by atoms with E-state index in [1.165, 1.54) is 17.0 Å². The molecule has 0 saturated carbocycles. The first kappa shape index (κ1) is 13.2. The molecule has 0 atom stereocenters. The standard InChI is InChI=1S/C10H11ClN2O4/c1-6-3-9(13(16)17)7(11)4-8(6)12(2)5-10(14)15/h3-4H,5H2,1-2H3,(H,14,15). The van der Waals surface area contributed by atoms with Crippen LogP contribution < -0.4 is 4.90 Å². The molecular formula is C10H11ClN2O4. The molecule has 92 valence electrons. The summed E-state index contributed by atoms with van der Waals surface area (Å²) in [6, 6.07) is 2.73. The van der Waals surface area contributed by atoms with Crippen molar-refractivity contribution in [2.45, 2.75) is 6.92 Å². The van der Waals surface area contributed by atoms with E-state index in [1.54, 1.807) is 14.0 Å². The Labute approximate surface area is 103 Å². The second-order valence-corrected chi connectivity index (χ2v) is 4.00. The highest BCUT2D eigenvalue weighted by atomic mass is 35.5. The van der Waals surface area contributed by atoms with Gasteiger partial charge in [0, 0.05) is 18.8 Å². The summed E-state index contributed by atoms with van der Waals surface area (Å²) < 4.78 is 0. The maximum Gasteiger partial charge on any atom is 0.323 e. The number of hydrogen-bond donors (Lipinski definition) is 1. The summed E-state index contributed by atoms with van der Waals surface area (Å²) in [7, 11) is 1.58. The fourth-order valence-corrected chi connectivity index (χ4v) is 1.72. The number of aliphatic carboxylic acids is 1. The third-order valence-corrected chi connectivity index (χ3v) is 2.55. The van der Waals surface area contributed by atoms with E-state index in [-0.39, 0.29) is 17.3 Å². The van der Waals surface area contributed by atoms with Crippen molar-refractivity contribution >= 4 is 28.9 Å². The predicted molar refractivity (Wildman–Crippen MR) is 63.7 cm³/mol. The Morgan fingerprint density at radius 2 is 2.18 bits per heavy atom. The quantitative estimate of drug-likeness (QED) is 0.660. The molecule has 7 heteroatoms. The number of halogens is 1. The van der Waals surface area contributed by atoms with Gasteiger partial charge in [-0.05, 0) is 18.6 Å². The molecule has 1 rings (SSSR count). The van der Waals surface area contributed by atoms with Crippen LogP contribution >= 0.6 is 11.6 Å². The Morgan fingerprint density at radius 1 is 1.59 bits per heavy atom. The molecule has 0 saturated heterocycles. The van der Waals surface area contributed by atoms with Gasteiger partial charge in [0.1, 0.15) is 11.6 Å². The largest absolute Gasteiger partial charge is 0.480 e. The van der Waals surface area contributed by atoms with Crippen molar-refractivity contribution in [1.29, 1.82) is 0 Å². The second-order valence-electron chi connectivity index (χ2n) is 3.60. The minimum absolute atomic E-state index is 0.00663. The van der Waals surface area contributed by atoms with E-state index >= 15 is 0 Å². The first-order chi connectivity index (χ1) is 7.82. The van der Waals surface area contributed by atoms with Crippen LogP contribution in [0.3, 0.4) is 0 Å². The Bertz CT molecular complexity index is 476. The normalized spacial score (nSPS) is 10.1. The maximum absolute atomic E-state index is 10.6. The summed E-state index contributed by atoms with van der Waals surface area (Å²) in [4.78, 5) is 22.1. The van der Waals surface area contributed by atoms with Gasteiger partial charge < -0.3 is 10.0 Å². The van der Waals surface area contributed by atoms with Gasteiger partial charge in [0.05, 0.1) is 4.92 Å². The Balaban J connectivity index is 3.15. The highest BCUT2D eigenvalue weighted by molar-refractivity contribution is 6.33. The Hall–Kier alpha value is -1.82. The zero-order valence-electron chi connectivity index (χ0n) is 9.31. The third-order valence-electron chi connectivity index (χ3n) is 2.25. The maximum atomic E-state index is 10.6. The zero-order valence-corrected chi connectivity index (χ0v) is 10.1. The fourth-order valence-electron chi connectivity index (χ4n) is 1.49. The van der Waals surface area contributed by atoms with Crippen LogP contribution in [-0.4, -0.2) is 29.6 Å². The summed E-state index contributed by atoms with van der Waals surface area (Å²) in [6.07, 6.45) is 0. The van der Waals surface area contributed by atoms with Gasteiger partial charge in [-0.2, -0.15) is 0 Å². The van der Waals surface area contributed by atoms with Gasteiger partial charge in [0.15, 0.2) is 0 Å².